The predicted octanol–water partition coefficient (Wildman–Crippen LogP) is 2.69. The van der Waals surface area contributed by atoms with Gasteiger partial charge >= 0.3 is 0 Å². The molecule has 0 bridgehead atoms. The average molecular weight is 359 g/mol. The van der Waals surface area contributed by atoms with Crippen molar-refractivity contribution in [2.75, 3.05) is 31.1 Å². The van der Waals surface area contributed by atoms with Crippen LogP contribution >= 0.6 is 11.6 Å². The van der Waals surface area contributed by atoms with Gasteiger partial charge in [-0.3, -0.25) is 4.79 Å². The number of nitrogens with one attached hydrogen (secondary N) is 1. The maximum absolute atomic E-state index is 11.5. The first kappa shape index (κ1) is 17.7. The third kappa shape index (κ3) is 4.71. The van der Waals surface area contributed by atoms with Gasteiger partial charge in [0.1, 0.15) is 5.82 Å². The highest BCUT2D eigenvalue weighted by Gasteiger charge is 2.21. The molecule has 1 aromatic carbocycles. The lowest BCUT2D eigenvalue weighted by molar-refractivity contribution is -0.129. The maximum Gasteiger partial charge on any atom is 0.219 e. The average Bonchev–Trinajstić information content (AvgIpc) is 2.64. The van der Waals surface area contributed by atoms with Gasteiger partial charge in [-0.05, 0) is 23.8 Å². The molecule has 0 spiro atoms. The second-order valence-corrected chi connectivity index (χ2v) is 6.65. The largest absolute Gasteiger partial charge is 0.353 e. The Hall–Kier alpha value is -2.11. The van der Waals surface area contributed by atoms with Crippen LogP contribution in [0.2, 0.25) is 5.02 Å². The summed E-state index contributed by atoms with van der Waals surface area (Å²) in [5, 5.41) is 4.22. The zero-order chi connectivity index (χ0) is 17.6. The molecule has 1 N–H and O–H groups in total. The number of carbonyl (C=O) groups excluding carboxylic acids is 1. The SMILES string of the molecule is CC(=O)N1CCN(c2ncccc2CNCc2ccc(Cl)cc2)CC1. The van der Waals surface area contributed by atoms with Crippen molar-refractivity contribution in [2.24, 2.45) is 0 Å². The third-order valence-electron chi connectivity index (χ3n) is 4.45. The van der Waals surface area contributed by atoms with E-state index in [4.69, 9.17) is 11.6 Å². The van der Waals surface area contributed by atoms with E-state index in [2.05, 4.69) is 21.3 Å². The molecule has 6 heteroatoms. The van der Waals surface area contributed by atoms with Gasteiger partial charge in [0.05, 0.1) is 0 Å². The van der Waals surface area contributed by atoms with Gasteiger partial charge in [-0.15, -0.1) is 0 Å². The molecule has 1 aliphatic rings. The molecule has 132 valence electrons. The number of aromatic nitrogens is 1. The first-order valence-corrected chi connectivity index (χ1v) is 8.91. The monoisotopic (exact) mass is 358 g/mol. The number of hydrogen-bond acceptors (Lipinski definition) is 4. The highest BCUT2D eigenvalue weighted by molar-refractivity contribution is 6.30. The molecule has 0 aliphatic carbocycles. The van der Waals surface area contributed by atoms with Crippen molar-refractivity contribution in [3.63, 3.8) is 0 Å². The fraction of sp³-hybridized carbons (Fsp3) is 0.368. The minimum atomic E-state index is 0.144. The van der Waals surface area contributed by atoms with Gasteiger partial charge in [0.15, 0.2) is 0 Å². The molecular formula is C19H23ClN4O. The van der Waals surface area contributed by atoms with Gasteiger partial charge in [0.2, 0.25) is 5.91 Å². The fourth-order valence-electron chi connectivity index (χ4n) is 3.03. The zero-order valence-corrected chi connectivity index (χ0v) is 15.2. The van der Waals surface area contributed by atoms with Gasteiger partial charge in [-0.25, -0.2) is 4.98 Å². The van der Waals surface area contributed by atoms with E-state index in [0.29, 0.717) is 0 Å². The Morgan fingerprint density at radius 1 is 1.12 bits per heavy atom. The van der Waals surface area contributed by atoms with Crippen molar-refractivity contribution in [1.29, 1.82) is 0 Å². The summed E-state index contributed by atoms with van der Waals surface area (Å²) in [7, 11) is 0. The lowest BCUT2D eigenvalue weighted by Crippen LogP contribution is -2.48. The van der Waals surface area contributed by atoms with E-state index in [9.17, 15) is 4.79 Å². The minimum Gasteiger partial charge on any atom is -0.353 e. The Bertz CT molecular complexity index is 712. The molecule has 1 aromatic heterocycles. The first-order chi connectivity index (χ1) is 12.1. The van der Waals surface area contributed by atoms with E-state index in [1.165, 1.54) is 11.1 Å². The highest BCUT2D eigenvalue weighted by Crippen LogP contribution is 2.19. The van der Waals surface area contributed by atoms with Crippen molar-refractivity contribution >= 4 is 23.3 Å². The molecular weight excluding hydrogens is 336 g/mol. The van der Waals surface area contributed by atoms with Crippen molar-refractivity contribution < 1.29 is 4.79 Å². The minimum absolute atomic E-state index is 0.144. The van der Waals surface area contributed by atoms with Gasteiger partial charge in [-0.1, -0.05) is 29.8 Å². The molecule has 0 saturated carbocycles. The molecule has 2 aromatic rings. The number of benzene rings is 1. The fourth-order valence-corrected chi connectivity index (χ4v) is 3.16. The van der Waals surface area contributed by atoms with Gasteiger partial charge in [-0.2, -0.15) is 0 Å². The number of rotatable bonds is 5. The molecule has 5 nitrogen and oxygen atoms in total. The van der Waals surface area contributed by atoms with Gasteiger partial charge in [0.25, 0.3) is 0 Å². The third-order valence-corrected chi connectivity index (χ3v) is 4.70. The molecule has 1 fully saturated rings. The number of amides is 1. The Balaban J connectivity index is 1.59. The van der Waals surface area contributed by atoms with E-state index in [1.807, 2.05) is 41.4 Å². The molecule has 3 rings (SSSR count). The van der Waals surface area contributed by atoms with Crippen LogP contribution in [0.4, 0.5) is 5.82 Å². The molecule has 0 atom stereocenters. The lowest BCUT2D eigenvalue weighted by atomic mass is 10.2. The zero-order valence-electron chi connectivity index (χ0n) is 14.4. The van der Waals surface area contributed by atoms with Crippen LogP contribution in [-0.2, 0) is 17.9 Å². The number of carbonyl (C=O) groups is 1. The quantitative estimate of drug-likeness (QED) is 0.892. The van der Waals surface area contributed by atoms with Crippen LogP contribution in [0.25, 0.3) is 0 Å². The van der Waals surface area contributed by atoms with E-state index in [-0.39, 0.29) is 5.91 Å². The maximum atomic E-state index is 11.5. The molecule has 1 saturated heterocycles. The number of piperazine rings is 1. The summed E-state index contributed by atoms with van der Waals surface area (Å²) in [6, 6.07) is 11.9. The summed E-state index contributed by atoms with van der Waals surface area (Å²) in [5.74, 6) is 1.15. The standard InChI is InChI=1S/C19H23ClN4O/c1-15(25)23-9-11-24(12-10-23)19-17(3-2-8-22-19)14-21-13-16-4-6-18(20)7-5-16/h2-8,21H,9-14H2,1H3. The highest BCUT2D eigenvalue weighted by atomic mass is 35.5. The number of hydrogen-bond donors (Lipinski definition) is 1. The Kier molecular flexibility index (Phi) is 5.89. The van der Waals surface area contributed by atoms with Crippen LogP contribution in [0, 0.1) is 0 Å². The van der Waals surface area contributed by atoms with E-state index >= 15 is 0 Å². The first-order valence-electron chi connectivity index (χ1n) is 8.53. The second kappa shape index (κ2) is 8.32. The topological polar surface area (TPSA) is 48.5 Å². The van der Waals surface area contributed by atoms with Gasteiger partial charge < -0.3 is 15.1 Å². The van der Waals surface area contributed by atoms with Crippen molar-refractivity contribution in [1.82, 2.24) is 15.2 Å². The molecule has 25 heavy (non-hydrogen) atoms. The van der Waals surface area contributed by atoms with Crippen LogP contribution in [-0.4, -0.2) is 42.0 Å². The van der Waals surface area contributed by atoms with Crippen molar-refractivity contribution in [3.8, 4) is 0 Å². The summed E-state index contributed by atoms with van der Waals surface area (Å²) in [6.07, 6.45) is 1.83. The van der Waals surface area contributed by atoms with Crippen LogP contribution < -0.4 is 10.2 Å². The summed E-state index contributed by atoms with van der Waals surface area (Å²) in [4.78, 5) is 20.2. The van der Waals surface area contributed by atoms with Crippen LogP contribution in [0.5, 0.6) is 0 Å². The molecule has 1 aliphatic heterocycles. The normalized spacial score (nSPS) is 14.6. The smallest absolute Gasteiger partial charge is 0.219 e. The van der Waals surface area contributed by atoms with Gasteiger partial charge in [0, 0.05) is 63.0 Å². The number of nitrogens with zero attached hydrogens (tertiary/aromatic N) is 3. The van der Waals surface area contributed by atoms with Crippen molar-refractivity contribution in [3.05, 3.63) is 58.7 Å². The summed E-state index contributed by atoms with van der Waals surface area (Å²) in [5.41, 5.74) is 2.37. The Morgan fingerprint density at radius 3 is 2.52 bits per heavy atom. The summed E-state index contributed by atoms with van der Waals surface area (Å²) < 4.78 is 0. The molecule has 0 radical (unpaired) electrons. The second-order valence-electron chi connectivity index (χ2n) is 6.21. The number of halogens is 1. The molecule has 1 amide bonds. The van der Waals surface area contributed by atoms with Crippen LogP contribution in [0.15, 0.2) is 42.6 Å². The van der Waals surface area contributed by atoms with Crippen LogP contribution in [0.3, 0.4) is 0 Å². The predicted molar refractivity (Wildman–Crippen MR) is 101 cm³/mol. The summed E-state index contributed by atoms with van der Waals surface area (Å²) in [6.45, 7) is 6.31. The van der Waals surface area contributed by atoms with E-state index in [1.54, 1.807) is 6.92 Å². The lowest BCUT2D eigenvalue weighted by Gasteiger charge is -2.35. The Morgan fingerprint density at radius 2 is 1.84 bits per heavy atom. The van der Waals surface area contributed by atoms with Crippen LogP contribution in [0.1, 0.15) is 18.1 Å². The molecule has 2 heterocycles. The Labute approximate surface area is 153 Å². The molecule has 0 unspecified atom stereocenters. The number of pyridine rings is 1. The van der Waals surface area contributed by atoms with E-state index < -0.39 is 0 Å². The van der Waals surface area contributed by atoms with E-state index in [0.717, 1.165) is 50.1 Å². The number of anilines is 1. The summed E-state index contributed by atoms with van der Waals surface area (Å²) >= 11 is 5.92. The van der Waals surface area contributed by atoms with Crippen molar-refractivity contribution in [2.45, 2.75) is 20.0 Å².